The first kappa shape index (κ1) is 20.9. The third-order valence-corrected chi connectivity index (χ3v) is 4.99. The van der Waals surface area contributed by atoms with Crippen LogP contribution < -0.4 is 21.5 Å². The minimum absolute atomic E-state index is 0.215. The van der Waals surface area contributed by atoms with E-state index < -0.39 is 0 Å². The van der Waals surface area contributed by atoms with Gasteiger partial charge < -0.3 is 21.5 Å². The summed E-state index contributed by atoms with van der Waals surface area (Å²) in [5.74, 6) is 0.810. The molecule has 4 rings (SSSR count). The highest BCUT2D eigenvalue weighted by Crippen LogP contribution is 2.23. The Morgan fingerprint density at radius 3 is 2.41 bits per heavy atom. The van der Waals surface area contributed by atoms with Gasteiger partial charge in [-0.15, -0.1) is 0 Å². The number of rotatable bonds is 7. The molecule has 0 radical (unpaired) electrons. The summed E-state index contributed by atoms with van der Waals surface area (Å²) >= 11 is 0. The van der Waals surface area contributed by atoms with Crippen LogP contribution in [0.1, 0.15) is 15.9 Å². The van der Waals surface area contributed by atoms with Crippen LogP contribution in [0.4, 0.5) is 17.2 Å². The smallest absolute Gasteiger partial charge is 0.255 e. The van der Waals surface area contributed by atoms with Gasteiger partial charge in [-0.25, -0.2) is 4.98 Å². The molecule has 32 heavy (non-hydrogen) atoms. The molecule has 0 bridgehead atoms. The van der Waals surface area contributed by atoms with Gasteiger partial charge in [0.1, 0.15) is 11.6 Å². The standard InChI is InChI=1S/C26H24N4O2/c27-23-13-14-24(30-25(23)28)19-7-4-8-20(17-19)26(31)29-21-9-11-22(12-10-21)32-16-15-18-5-2-1-3-6-18/h1-14,17H,15-16,27H2,(H2,28,30)(H,29,31). The summed E-state index contributed by atoms with van der Waals surface area (Å²) in [6.45, 7) is 0.589. The number of nitrogen functional groups attached to an aromatic ring is 2. The number of amides is 1. The van der Waals surface area contributed by atoms with E-state index in [0.29, 0.717) is 29.2 Å². The number of aromatic nitrogens is 1. The van der Waals surface area contributed by atoms with Gasteiger partial charge in [-0.2, -0.15) is 0 Å². The van der Waals surface area contributed by atoms with Gasteiger partial charge >= 0.3 is 0 Å². The zero-order valence-electron chi connectivity index (χ0n) is 17.5. The lowest BCUT2D eigenvalue weighted by atomic mass is 10.1. The maximum absolute atomic E-state index is 12.7. The minimum Gasteiger partial charge on any atom is -0.493 e. The Hall–Kier alpha value is -4.32. The molecule has 160 valence electrons. The van der Waals surface area contributed by atoms with Crippen LogP contribution in [-0.4, -0.2) is 17.5 Å². The first-order valence-corrected chi connectivity index (χ1v) is 10.3. The normalized spacial score (nSPS) is 10.5. The molecule has 4 aromatic rings. The zero-order valence-corrected chi connectivity index (χ0v) is 17.5. The average molecular weight is 425 g/mol. The Balaban J connectivity index is 1.37. The second-order valence-corrected chi connectivity index (χ2v) is 7.31. The Kier molecular flexibility index (Phi) is 6.32. The van der Waals surface area contributed by atoms with E-state index in [1.165, 1.54) is 5.56 Å². The highest BCUT2D eigenvalue weighted by molar-refractivity contribution is 6.04. The van der Waals surface area contributed by atoms with E-state index in [1.807, 2.05) is 54.6 Å². The van der Waals surface area contributed by atoms with Gasteiger partial charge in [0.15, 0.2) is 0 Å². The summed E-state index contributed by atoms with van der Waals surface area (Å²) < 4.78 is 5.80. The molecule has 0 aliphatic heterocycles. The molecule has 1 heterocycles. The van der Waals surface area contributed by atoms with Crippen LogP contribution in [0.25, 0.3) is 11.3 Å². The maximum Gasteiger partial charge on any atom is 0.255 e. The summed E-state index contributed by atoms with van der Waals surface area (Å²) in [6, 6.07) is 28.2. The number of anilines is 3. The van der Waals surface area contributed by atoms with Crippen LogP contribution in [0.2, 0.25) is 0 Å². The lowest BCUT2D eigenvalue weighted by molar-refractivity contribution is 0.102. The van der Waals surface area contributed by atoms with Gasteiger partial charge in [-0.1, -0.05) is 42.5 Å². The van der Waals surface area contributed by atoms with Crippen molar-refractivity contribution in [3.8, 4) is 17.0 Å². The fourth-order valence-electron chi connectivity index (χ4n) is 3.24. The van der Waals surface area contributed by atoms with Crippen molar-refractivity contribution in [3.63, 3.8) is 0 Å². The number of hydrogen-bond acceptors (Lipinski definition) is 5. The predicted molar refractivity (Wildman–Crippen MR) is 129 cm³/mol. The summed E-state index contributed by atoms with van der Waals surface area (Å²) in [4.78, 5) is 17.0. The fourth-order valence-corrected chi connectivity index (χ4v) is 3.24. The van der Waals surface area contributed by atoms with Crippen LogP contribution in [0.3, 0.4) is 0 Å². The molecule has 0 aliphatic rings. The van der Waals surface area contributed by atoms with Gasteiger partial charge in [-0.05, 0) is 54.1 Å². The van der Waals surface area contributed by atoms with E-state index in [1.54, 1.807) is 24.3 Å². The highest BCUT2D eigenvalue weighted by atomic mass is 16.5. The summed E-state index contributed by atoms with van der Waals surface area (Å²) in [6.07, 6.45) is 0.837. The minimum atomic E-state index is -0.215. The highest BCUT2D eigenvalue weighted by Gasteiger charge is 2.09. The largest absolute Gasteiger partial charge is 0.493 e. The van der Waals surface area contributed by atoms with E-state index in [-0.39, 0.29) is 11.7 Å². The molecule has 5 N–H and O–H groups in total. The second-order valence-electron chi connectivity index (χ2n) is 7.31. The van der Waals surface area contributed by atoms with Crippen molar-refractivity contribution in [2.45, 2.75) is 6.42 Å². The Bertz CT molecular complexity index is 1210. The number of hydrogen-bond donors (Lipinski definition) is 3. The predicted octanol–water partition coefficient (Wildman–Crippen LogP) is 4.79. The Labute approximate surface area is 186 Å². The van der Waals surface area contributed by atoms with E-state index in [0.717, 1.165) is 17.7 Å². The first-order chi connectivity index (χ1) is 15.6. The topological polar surface area (TPSA) is 103 Å². The Morgan fingerprint density at radius 2 is 1.66 bits per heavy atom. The van der Waals surface area contributed by atoms with Crippen molar-refractivity contribution in [1.29, 1.82) is 0 Å². The molecule has 6 nitrogen and oxygen atoms in total. The molecule has 3 aromatic carbocycles. The SMILES string of the molecule is Nc1ccc(-c2cccc(C(=O)Nc3ccc(OCCc4ccccc4)cc3)c2)nc1N. The molecule has 0 saturated carbocycles. The molecular weight excluding hydrogens is 400 g/mol. The van der Waals surface area contributed by atoms with E-state index in [9.17, 15) is 4.79 Å². The molecule has 0 unspecified atom stereocenters. The van der Waals surface area contributed by atoms with Gasteiger partial charge in [0.05, 0.1) is 18.0 Å². The third kappa shape index (κ3) is 5.23. The molecular formula is C26H24N4O2. The summed E-state index contributed by atoms with van der Waals surface area (Å²) in [5, 5.41) is 2.91. The monoisotopic (exact) mass is 424 g/mol. The summed E-state index contributed by atoms with van der Waals surface area (Å²) in [7, 11) is 0. The number of carbonyl (C=O) groups excluding carboxylic acids is 1. The van der Waals surface area contributed by atoms with E-state index in [2.05, 4.69) is 22.4 Å². The quantitative estimate of drug-likeness (QED) is 0.396. The number of nitrogens with two attached hydrogens (primary N) is 2. The van der Waals surface area contributed by atoms with Crippen molar-refractivity contribution in [3.05, 3.63) is 102 Å². The number of nitrogens with one attached hydrogen (secondary N) is 1. The lowest BCUT2D eigenvalue weighted by Crippen LogP contribution is -2.12. The number of carbonyl (C=O) groups is 1. The van der Waals surface area contributed by atoms with E-state index >= 15 is 0 Å². The number of benzene rings is 3. The van der Waals surface area contributed by atoms with Gasteiger partial charge in [-0.3, -0.25) is 4.79 Å². The molecule has 6 heteroatoms. The molecule has 0 saturated heterocycles. The van der Waals surface area contributed by atoms with Gasteiger partial charge in [0.2, 0.25) is 0 Å². The van der Waals surface area contributed by atoms with Gasteiger partial charge in [0, 0.05) is 23.2 Å². The fraction of sp³-hybridized carbons (Fsp3) is 0.0769. The van der Waals surface area contributed by atoms with Crippen LogP contribution in [-0.2, 0) is 6.42 Å². The second kappa shape index (κ2) is 9.66. The number of pyridine rings is 1. The first-order valence-electron chi connectivity index (χ1n) is 10.3. The molecule has 0 atom stereocenters. The van der Waals surface area contributed by atoms with Crippen molar-refractivity contribution >= 4 is 23.1 Å². The van der Waals surface area contributed by atoms with Crippen molar-refractivity contribution in [2.75, 3.05) is 23.4 Å². The summed E-state index contributed by atoms with van der Waals surface area (Å²) in [5.41, 5.74) is 15.8. The van der Waals surface area contributed by atoms with Crippen molar-refractivity contribution in [1.82, 2.24) is 4.98 Å². The van der Waals surface area contributed by atoms with Crippen molar-refractivity contribution in [2.24, 2.45) is 0 Å². The Morgan fingerprint density at radius 1 is 0.875 bits per heavy atom. The zero-order chi connectivity index (χ0) is 22.3. The third-order valence-electron chi connectivity index (χ3n) is 4.99. The molecule has 0 aliphatic carbocycles. The molecule has 1 amide bonds. The van der Waals surface area contributed by atoms with E-state index in [4.69, 9.17) is 16.2 Å². The molecule has 1 aromatic heterocycles. The maximum atomic E-state index is 12.7. The molecule has 0 fully saturated rings. The van der Waals surface area contributed by atoms with Gasteiger partial charge in [0.25, 0.3) is 5.91 Å². The number of nitrogens with zero attached hydrogens (tertiary/aromatic N) is 1. The van der Waals surface area contributed by atoms with Crippen LogP contribution in [0.5, 0.6) is 5.75 Å². The molecule has 0 spiro atoms. The van der Waals surface area contributed by atoms with Crippen LogP contribution in [0.15, 0.2) is 91.0 Å². The van der Waals surface area contributed by atoms with Crippen LogP contribution in [0, 0.1) is 0 Å². The number of ether oxygens (including phenoxy) is 1. The average Bonchev–Trinajstić information content (AvgIpc) is 2.83. The lowest BCUT2D eigenvalue weighted by Gasteiger charge is -2.10. The van der Waals surface area contributed by atoms with Crippen molar-refractivity contribution < 1.29 is 9.53 Å². The van der Waals surface area contributed by atoms with Crippen LogP contribution >= 0.6 is 0 Å².